The highest BCUT2D eigenvalue weighted by Crippen LogP contribution is 2.35. The molecule has 0 bridgehead atoms. The monoisotopic (exact) mass is 509 g/mol. The maximum Gasteiger partial charge on any atom is 0.268 e. The second-order valence-electron chi connectivity index (χ2n) is 8.04. The van der Waals surface area contributed by atoms with E-state index in [1.807, 2.05) is 0 Å². The first-order chi connectivity index (χ1) is 16.1. The van der Waals surface area contributed by atoms with E-state index in [1.165, 1.54) is 38.5 Å². The fourth-order valence-corrected chi connectivity index (χ4v) is 5.77. The minimum atomic E-state index is -4.23. The molecule has 0 radical (unpaired) electrons. The van der Waals surface area contributed by atoms with Crippen molar-refractivity contribution in [1.82, 2.24) is 4.90 Å². The number of methoxy groups -OCH3 is 2. The van der Waals surface area contributed by atoms with Gasteiger partial charge in [0.1, 0.15) is 22.9 Å². The van der Waals surface area contributed by atoms with Crippen molar-refractivity contribution in [3.63, 3.8) is 0 Å². The van der Waals surface area contributed by atoms with E-state index < -0.39 is 28.4 Å². The molecule has 1 heterocycles. The van der Waals surface area contributed by atoms with Gasteiger partial charge in [0.05, 0.1) is 24.9 Å². The second kappa shape index (κ2) is 10.5. The van der Waals surface area contributed by atoms with Gasteiger partial charge in [0.15, 0.2) is 0 Å². The summed E-state index contributed by atoms with van der Waals surface area (Å²) in [5.74, 6) is -0.553. The Morgan fingerprint density at radius 3 is 2.26 bits per heavy atom. The SMILES string of the molecule is COc1ccc(N(CC(=O)N2CCC(C(N)=O)CC2)S(=O)(=O)c2cc(C)ccc2OC)cc1Cl. The first-order valence-electron chi connectivity index (χ1n) is 10.7. The number of hydrogen-bond acceptors (Lipinski definition) is 6. The van der Waals surface area contributed by atoms with E-state index in [1.54, 1.807) is 24.0 Å². The number of rotatable bonds is 8. The third-order valence-electron chi connectivity index (χ3n) is 5.84. The molecule has 184 valence electrons. The largest absolute Gasteiger partial charge is 0.495 e. The number of nitrogens with two attached hydrogens (primary N) is 1. The molecule has 9 nitrogen and oxygen atoms in total. The Kier molecular flexibility index (Phi) is 7.93. The molecule has 1 fully saturated rings. The summed E-state index contributed by atoms with van der Waals surface area (Å²) in [5.41, 5.74) is 6.30. The van der Waals surface area contributed by atoms with Crippen molar-refractivity contribution in [3.8, 4) is 11.5 Å². The van der Waals surface area contributed by atoms with Gasteiger partial charge in [-0.15, -0.1) is 0 Å². The number of halogens is 1. The van der Waals surface area contributed by atoms with Crippen LogP contribution in [0, 0.1) is 12.8 Å². The maximum atomic E-state index is 13.8. The van der Waals surface area contributed by atoms with Crippen LogP contribution in [0.4, 0.5) is 5.69 Å². The molecule has 0 unspecified atom stereocenters. The van der Waals surface area contributed by atoms with Crippen LogP contribution in [0.15, 0.2) is 41.3 Å². The third kappa shape index (κ3) is 5.39. The zero-order valence-electron chi connectivity index (χ0n) is 19.3. The molecule has 11 heteroatoms. The molecule has 1 aliphatic heterocycles. The number of nitrogens with zero attached hydrogens (tertiary/aromatic N) is 2. The Balaban J connectivity index is 2.00. The number of piperidine rings is 1. The molecule has 2 amide bonds. The Labute approximate surface area is 204 Å². The number of sulfonamides is 1. The molecular formula is C23H28ClN3O6S. The lowest BCUT2D eigenvalue weighted by Crippen LogP contribution is -2.47. The molecule has 1 saturated heterocycles. The number of aryl methyl sites for hydroxylation is 1. The van der Waals surface area contributed by atoms with E-state index >= 15 is 0 Å². The van der Waals surface area contributed by atoms with E-state index in [4.69, 9.17) is 26.8 Å². The van der Waals surface area contributed by atoms with Crippen LogP contribution in [0.2, 0.25) is 5.02 Å². The molecule has 0 atom stereocenters. The fourth-order valence-electron chi connectivity index (χ4n) is 3.87. The van der Waals surface area contributed by atoms with E-state index in [0.29, 0.717) is 37.2 Å². The highest BCUT2D eigenvalue weighted by atomic mass is 35.5. The van der Waals surface area contributed by atoms with Crippen molar-refractivity contribution < 1.29 is 27.5 Å². The van der Waals surface area contributed by atoms with Crippen molar-refractivity contribution in [2.45, 2.75) is 24.7 Å². The van der Waals surface area contributed by atoms with Crippen LogP contribution in [-0.4, -0.2) is 59.0 Å². The van der Waals surface area contributed by atoms with Crippen molar-refractivity contribution in [3.05, 3.63) is 47.0 Å². The molecular weight excluding hydrogens is 482 g/mol. The summed E-state index contributed by atoms with van der Waals surface area (Å²) >= 11 is 6.27. The predicted octanol–water partition coefficient (Wildman–Crippen LogP) is 2.58. The topological polar surface area (TPSA) is 119 Å². The molecule has 0 spiro atoms. The Morgan fingerprint density at radius 2 is 1.71 bits per heavy atom. The Morgan fingerprint density at radius 1 is 1.09 bits per heavy atom. The third-order valence-corrected chi connectivity index (χ3v) is 7.93. The van der Waals surface area contributed by atoms with Gasteiger partial charge in [-0.3, -0.25) is 13.9 Å². The van der Waals surface area contributed by atoms with E-state index in [-0.39, 0.29) is 27.3 Å². The van der Waals surface area contributed by atoms with Gasteiger partial charge in [-0.25, -0.2) is 8.42 Å². The average Bonchev–Trinajstić information content (AvgIpc) is 2.82. The maximum absolute atomic E-state index is 13.8. The van der Waals surface area contributed by atoms with Gasteiger partial charge in [-0.05, 0) is 55.7 Å². The normalized spacial score (nSPS) is 14.5. The lowest BCUT2D eigenvalue weighted by molar-refractivity contribution is -0.133. The Bertz CT molecular complexity index is 1180. The minimum absolute atomic E-state index is 0.0674. The molecule has 2 aromatic carbocycles. The van der Waals surface area contributed by atoms with Gasteiger partial charge in [0.2, 0.25) is 11.8 Å². The van der Waals surface area contributed by atoms with Crippen molar-refractivity contribution in [1.29, 1.82) is 0 Å². The molecule has 0 aromatic heterocycles. The summed E-state index contributed by atoms with van der Waals surface area (Å²) in [6.45, 7) is 1.94. The molecule has 0 saturated carbocycles. The summed E-state index contributed by atoms with van der Waals surface area (Å²) in [5, 5.41) is 0.200. The van der Waals surface area contributed by atoms with Crippen LogP contribution >= 0.6 is 11.6 Å². The number of benzene rings is 2. The van der Waals surface area contributed by atoms with Gasteiger partial charge >= 0.3 is 0 Å². The van der Waals surface area contributed by atoms with Crippen LogP contribution < -0.4 is 19.5 Å². The number of anilines is 1. The van der Waals surface area contributed by atoms with Crippen LogP contribution in [0.5, 0.6) is 11.5 Å². The van der Waals surface area contributed by atoms with Gasteiger partial charge < -0.3 is 20.1 Å². The lowest BCUT2D eigenvalue weighted by Gasteiger charge is -2.33. The van der Waals surface area contributed by atoms with E-state index in [0.717, 1.165) is 4.31 Å². The summed E-state index contributed by atoms with van der Waals surface area (Å²) in [6, 6.07) is 9.30. The molecule has 3 rings (SSSR count). The molecule has 2 aromatic rings. The van der Waals surface area contributed by atoms with Gasteiger partial charge in [-0.1, -0.05) is 17.7 Å². The molecule has 2 N–H and O–H groups in total. The molecule has 34 heavy (non-hydrogen) atoms. The summed E-state index contributed by atoms with van der Waals surface area (Å²) in [4.78, 5) is 26.1. The quantitative estimate of drug-likeness (QED) is 0.584. The first kappa shape index (κ1) is 25.6. The zero-order valence-corrected chi connectivity index (χ0v) is 20.9. The fraction of sp³-hybridized carbons (Fsp3) is 0.391. The summed E-state index contributed by atoms with van der Waals surface area (Å²) in [6.07, 6.45) is 0.877. The van der Waals surface area contributed by atoms with Gasteiger partial charge in [0.25, 0.3) is 10.0 Å². The number of carbonyl (C=O) groups is 2. The average molecular weight is 510 g/mol. The number of amides is 2. The lowest BCUT2D eigenvalue weighted by atomic mass is 9.96. The minimum Gasteiger partial charge on any atom is -0.495 e. The van der Waals surface area contributed by atoms with Gasteiger partial charge in [0, 0.05) is 19.0 Å². The molecule has 0 aliphatic carbocycles. The van der Waals surface area contributed by atoms with E-state index in [9.17, 15) is 18.0 Å². The van der Waals surface area contributed by atoms with Crippen LogP contribution in [0.1, 0.15) is 18.4 Å². The number of hydrogen-bond donors (Lipinski definition) is 1. The summed E-state index contributed by atoms with van der Waals surface area (Å²) < 4.78 is 39.1. The summed E-state index contributed by atoms with van der Waals surface area (Å²) in [7, 11) is -1.39. The number of likely N-dealkylation sites (tertiary alicyclic amines) is 1. The van der Waals surface area contributed by atoms with Crippen molar-refractivity contribution in [2.24, 2.45) is 11.7 Å². The van der Waals surface area contributed by atoms with Gasteiger partial charge in [-0.2, -0.15) is 0 Å². The predicted molar refractivity (Wildman–Crippen MR) is 129 cm³/mol. The number of carbonyl (C=O) groups excluding carboxylic acids is 2. The number of ether oxygens (including phenoxy) is 2. The van der Waals surface area contributed by atoms with Crippen molar-refractivity contribution in [2.75, 3.05) is 38.2 Å². The van der Waals surface area contributed by atoms with Crippen LogP contribution in [0.3, 0.4) is 0 Å². The first-order valence-corrected chi connectivity index (χ1v) is 12.5. The zero-order chi connectivity index (χ0) is 25.0. The second-order valence-corrected chi connectivity index (χ2v) is 10.3. The highest BCUT2D eigenvalue weighted by molar-refractivity contribution is 7.93. The molecule has 1 aliphatic rings. The smallest absolute Gasteiger partial charge is 0.268 e. The Hall–Kier alpha value is -2.98. The highest BCUT2D eigenvalue weighted by Gasteiger charge is 2.33. The number of primary amides is 1. The van der Waals surface area contributed by atoms with Crippen molar-refractivity contribution >= 4 is 39.1 Å². The standard InChI is InChI=1S/C23H28ClN3O6S/c1-15-4-6-20(33-3)21(12-15)34(30,31)27(17-5-7-19(32-2)18(24)13-17)14-22(28)26-10-8-16(9-11-26)23(25)29/h4-7,12-13,16H,8-11,14H2,1-3H3,(H2,25,29). The van der Waals surface area contributed by atoms with Crippen LogP contribution in [-0.2, 0) is 19.6 Å². The van der Waals surface area contributed by atoms with E-state index in [2.05, 4.69) is 0 Å². The van der Waals surface area contributed by atoms with Crippen LogP contribution in [0.25, 0.3) is 0 Å².